The number of benzene rings is 1. The number of hydrogen-bond donors (Lipinski definition) is 3. The zero-order chi connectivity index (χ0) is 18.0. The van der Waals surface area contributed by atoms with Crippen LogP contribution in [0.4, 0.5) is 15.8 Å². The molecule has 0 saturated heterocycles. The molecule has 2 aromatic heterocycles. The third-order valence-corrected chi connectivity index (χ3v) is 4.25. The Morgan fingerprint density at radius 1 is 1.24 bits per heavy atom. The predicted octanol–water partition coefficient (Wildman–Crippen LogP) is 3.20. The zero-order valence-corrected chi connectivity index (χ0v) is 14.1. The molecule has 0 fully saturated rings. The molecule has 7 nitrogen and oxygen atoms in total. The van der Waals surface area contributed by atoms with Crippen LogP contribution in [0.5, 0.6) is 5.88 Å². The Bertz CT molecular complexity index is 977. The van der Waals surface area contributed by atoms with Crippen molar-refractivity contribution in [2.45, 2.75) is 6.16 Å². The molecule has 0 aliphatic rings. The first-order valence-corrected chi connectivity index (χ1v) is 9.05. The molecular weight excluding hydrogens is 348 g/mol. The maximum atomic E-state index is 14.1. The van der Waals surface area contributed by atoms with Crippen molar-refractivity contribution in [3.63, 3.8) is 0 Å². The van der Waals surface area contributed by atoms with Gasteiger partial charge in [0.2, 0.25) is 5.88 Å². The van der Waals surface area contributed by atoms with Crippen LogP contribution in [0.3, 0.4) is 0 Å². The van der Waals surface area contributed by atoms with Gasteiger partial charge in [0.1, 0.15) is 5.82 Å². The van der Waals surface area contributed by atoms with Gasteiger partial charge >= 0.3 is 7.60 Å². The average molecular weight is 363 g/mol. The second kappa shape index (κ2) is 6.76. The first kappa shape index (κ1) is 17.3. The van der Waals surface area contributed by atoms with E-state index in [1.54, 1.807) is 30.5 Å². The molecule has 0 unspecified atom stereocenters. The highest BCUT2D eigenvalue weighted by Gasteiger charge is 2.17. The van der Waals surface area contributed by atoms with Crippen molar-refractivity contribution in [2.24, 2.45) is 0 Å². The first-order valence-electron chi connectivity index (χ1n) is 7.25. The van der Waals surface area contributed by atoms with E-state index >= 15 is 0 Å². The molecule has 25 heavy (non-hydrogen) atoms. The van der Waals surface area contributed by atoms with Gasteiger partial charge in [-0.05, 0) is 29.8 Å². The molecule has 0 aliphatic heterocycles. The number of methoxy groups -OCH3 is 1. The van der Waals surface area contributed by atoms with Crippen molar-refractivity contribution in [2.75, 3.05) is 12.4 Å². The van der Waals surface area contributed by atoms with E-state index < -0.39 is 19.6 Å². The topological polar surface area (TPSA) is 105 Å². The van der Waals surface area contributed by atoms with E-state index in [2.05, 4.69) is 15.3 Å². The van der Waals surface area contributed by atoms with Crippen LogP contribution in [-0.2, 0) is 10.7 Å². The van der Waals surface area contributed by atoms with Crippen LogP contribution in [-0.4, -0.2) is 26.9 Å². The van der Waals surface area contributed by atoms with Gasteiger partial charge in [-0.25, -0.2) is 9.37 Å². The van der Waals surface area contributed by atoms with Crippen LogP contribution in [0.2, 0.25) is 0 Å². The minimum Gasteiger partial charge on any atom is -0.481 e. The summed E-state index contributed by atoms with van der Waals surface area (Å²) in [6.07, 6.45) is 0.927. The molecule has 0 saturated carbocycles. The summed E-state index contributed by atoms with van der Waals surface area (Å²) in [6.45, 7) is 0. The lowest BCUT2D eigenvalue weighted by Gasteiger charge is -2.11. The summed E-state index contributed by atoms with van der Waals surface area (Å²) < 4.78 is 30.2. The predicted molar refractivity (Wildman–Crippen MR) is 91.5 cm³/mol. The Morgan fingerprint density at radius 2 is 2.04 bits per heavy atom. The van der Waals surface area contributed by atoms with Gasteiger partial charge < -0.3 is 19.8 Å². The molecule has 0 amide bonds. The number of pyridine rings is 2. The van der Waals surface area contributed by atoms with Gasteiger partial charge in [-0.2, -0.15) is 4.98 Å². The van der Waals surface area contributed by atoms with Crippen LogP contribution < -0.4 is 10.1 Å². The normalized spacial score (nSPS) is 11.5. The second-order valence-electron chi connectivity index (χ2n) is 5.34. The minimum absolute atomic E-state index is 0.0372. The number of anilines is 2. The van der Waals surface area contributed by atoms with Crippen LogP contribution in [0.15, 0.2) is 42.6 Å². The number of nitrogens with one attached hydrogen (secondary N) is 1. The average Bonchev–Trinajstić information content (AvgIpc) is 2.56. The highest BCUT2D eigenvalue weighted by molar-refractivity contribution is 7.50. The third-order valence-electron chi connectivity index (χ3n) is 3.50. The molecule has 0 spiro atoms. The van der Waals surface area contributed by atoms with Gasteiger partial charge in [-0.15, -0.1) is 0 Å². The van der Waals surface area contributed by atoms with Gasteiger partial charge in [0.05, 0.1) is 19.0 Å². The van der Waals surface area contributed by atoms with Crippen LogP contribution in [0.25, 0.3) is 11.0 Å². The monoisotopic (exact) mass is 363 g/mol. The van der Waals surface area contributed by atoms with Crippen molar-refractivity contribution in [1.82, 2.24) is 9.97 Å². The van der Waals surface area contributed by atoms with Crippen molar-refractivity contribution in [1.29, 1.82) is 0 Å². The van der Waals surface area contributed by atoms with Crippen molar-refractivity contribution in [3.8, 4) is 5.88 Å². The van der Waals surface area contributed by atoms with Gasteiger partial charge in [-0.1, -0.05) is 6.07 Å². The SMILES string of the molecule is COc1ccc2c(Nc3ccc(CP(=O)(O)O)c(F)c3)ccnc2n1. The van der Waals surface area contributed by atoms with Gasteiger partial charge in [0, 0.05) is 23.3 Å². The van der Waals surface area contributed by atoms with E-state index in [9.17, 15) is 8.96 Å². The molecule has 0 atom stereocenters. The number of ether oxygens (including phenoxy) is 1. The summed E-state index contributed by atoms with van der Waals surface area (Å²) in [4.78, 5) is 26.3. The smallest absolute Gasteiger partial charge is 0.330 e. The number of halogens is 1. The maximum absolute atomic E-state index is 14.1. The Morgan fingerprint density at radius 3 is 2.72 bits per heavy atom. The summed E-state index contributed by atoms with van der Waals surface area (Å²) >= 11 is 0. The molecular formula is C16H15FN3O4P. The molecule has 3 rings (SSSR count). The van der Waals surface area contributed by atoms with Gasteiger partial charge in [-0.3, -0.25) is 4.57 Å². The van der Waals surface area contributed by atoms with Crippen LogP contribution >= 0.6 is 7.60 Å². The number of hydrogen-bond acceptors (Lipinski definition) is 5. The fourth-order valence-electron chi connectivity index (χ4n) is 2.37. The summed E-state index contributed by atoms with van der Waals surface area (Å²) in [6, 6.07) is 9.29. The van der Waals surface area contributed by atoms with E-state index in [1.807, 2.05) is 0 Å². The molecule has 0 radical (unpaired) electrons. The van der Waals surface area contributed by atoms with Gasteiger partial charge in [0.25, 0.3) is 0 Å². The van der Waals surface area contributed by atoms with Gasteiger partial charge in [0.15, 0.2) is 5.65 Å². The molecule has 9 heteroatoms. The third kappa shape index (κ3) is 4.11. The fraction of sp³-hybridized carbons (Fsp3) is 0.125. The highest BCUT2D eigenvalue weighted by Crippen LogP contribution is 2.40. The quantitative estimate of drug-likeness (QED) is 0.598. The fourth-order valence-corrected chi connectivity index (χ4v) is 3.07. The van der Waals surface area contributed by atoms with E-state index in [0.29, 0.717) is 22.9 Å². The van der Waals surface area contributed by atoms with E-state index in [-0.39, 0.29) is 5.56 Å². The lowest BCUT2D eigenvalue weighted by atomic mass is 10.2. The van der Waals surface area contributed by atoms with Crippen molar-refractivity contribution in [3.05, 3.63) is 54.0 Å². The number of rotatable bonds is 5. The molecule has 3 aromatic rings. The van der Waals surface area contributed by atoms with Crippen molar-refractivity contribution < 1.29 is 23.5 Å². The standard InChI is InChI=1S/C16H15FN3O4P/c1-24-15-5-4-12-14(6-7-18-16(12)20-15)19-11-3-2-10(13(17)8-11)9-25(21,22)23/h2-8H,9H2,1H3,(H,18,19,20)(H2,21,22,23). The molecule has 1 aromatic carbocycles. The van der Waals surface area contributed by atoms with Crippen LogP contribution in [0, 0.1) is 5.82 Å². The molecule has 3 N–H and O–H groups in total. The zero-order valence-electron chi connectivity index (χ0n) is 13.2. The summed E-state index contributed by atoms with van der Waals surface area (Å²) in [5.74, 6) is -0.253. The van der Waals surface area contributed by atoms with E-state index in [0.717, 1.165) is 5.39 Å². The first-order chi connectivity index (χ1) is 11.9. The summed E-state index contributed by atoms with van der Waals surface area (Å²) in [7, 11) is -2.81. The Hall–Kier alpha value is -2.54. The molecule has 0 aliphatic carbocycles. The van der Waals surface area contributed by atoms with Crippen LogP contribution in [0.1, 0.15) is 5.56 Å². The highest BCUT2D eigenvalue weighted by atomic mass is 31.2. The Kier molecular flexibility index (Phi) is 4.67. The lowest BCUT2D eigenvalue weighted by Crippen LogP contribution is -1.97. The number of fused-ring (bicyclic) bond motifs is 1. The lowest BCUT2D eigenvalue weighted by molar-refractivity contribution is 0.370. The van der Waals surface area contributed by atoms with E-state index in [4.69, 9.17) is 14.5 Å². The number of nitrogens with zero attached hydrogens (tertiary/aromatic N) is 2. The Balaban J connectivity index is 1.91. The van der Waals surface area contributed by atoms with E-state index in [1.165, 1.54) is 19.2 Å². The maximum Gasteiger partial charge on any atom is 0.330 e. The molecule has 130 valence electrons. The number of aromatic nitrogens is 2. The van der Waals surface area contributed by atoms with Crippen molar-refractivity contribution >= 4 is 30.0 Å². The largest absolute Gasteiger partial charge is 0.481 e. The summed E-state index contributed by atoms with van der Waals surface area (Å²) in [5.41, 5.74) is 1.55. The molecule has 2 heterocycles. The molecule has 0 bridgehead atoms. The summed E-state index contributed by atoms with van der Waals surface area (Å²) in [5, 5.41) is 3.79. The Labute approximate surface area is 142 Å². The minimum atomic E-state index is -4.33. The second-order valence-corrected chi connectivity index (χ2v) is 6.98.